The molecule has 0 radical (unpaired) electrons. The highest BCUT2D eigenvalue weighted by Gasteiger charge is 2.33. The second kappa shape index (κ2) is 7.05. The summed E-state index contributed by atoms with van der Waals surface area (Å²) in [6, 6.07) is 6.10. The zero-order chi connectivity index (χ0) is 17.1. The lowest BCUT2D eigenvalue weighted by atomic mass is 9.90. The van der Waals surface area contributed by atoms with Crippen molar-refractivity contribution in [3.63, 3.8) is 0 Å². The van der Waals surface area contributed by atoms with Gasteiger partial charge in [-0.15, -0.1) is 0 Å². The van der Waals surface area contributed by atoms with Crippen LogP contribution in [0.15, 0.2) is 42.7 Å². The van der Waals surface area contributed by atoms with Crippen molar-refractivity contribution in [3.8, 4) is 0 Å². The molecule has 0 bridgehead atoms. The number of carbonyl (C=O) groups is 1. The second-order valence-corrected chi connectivity index (χ2v) is 5.93. The number of halogens is 2. The fraction of sp³-hybridized carbons (Fsp3) is 0.333. The molecular formula is C18H18F2N2O2. The van der Waals surface area contributed by atoms with Crippen LogP contribution in [0.1, 0.15) is 36.0 Å². The van der Waals surface area contributed by atoms with E-state index in [0.29, 0.717) is 18.4 Å². The van der Waals surface area contributed by atoms with E-state index in [2.05, 4.69) is 4.98 Å². The summed E-state index contributed by atoms with van der Waals surface area (Å²) in [5.41, 5.74) is 0.564. The van der Waals surface area contributed by atoms with Gasteiger partial charge in [-0.2, -0.15) is 0 Å². The number of anilines is 1. The van der Waals surface area contributed by atoms with Crippen LogP contribution in [0, 0.1) is 11.6 Å². The number of pyridine rings is 1. The van der Waals surface area contributed by atoms with Crippen LogP contribution in [0.2, 0.25) is 0 Å². The molecule has 0 spiro atoms. The van der Waals surface area contributed by atoms with Crippen molar-refractivity contribution in [1.29, 1.82) is 0 Å². The van der Waals surface area contributed by atoms with E-state index in [-0.39, 0.29) is 11.6 Å². The lowest BCUT2D eigenvalue weighted by Crippen LogP contribution is -2.49. The first-order valence-corrected chi connectivity index (χ1v) is 7.94. The molecule has 126 valence electrons. The Hall–Kier alpha value is -2.34. The molecule has 1 aliphatic rings. The average Bonchev–Trinajstić information content (AvgIpc) is 2.60. The van der Waals surface area contributed by atoms with Crippen LogP contribution in [0.4, 0.5) is 14.5 Å². The van der Waals surface area contributed by atoms with Gasteiger partial charge in [0.05, 0.1) is 17.7 Å². The topological polar surface area (TPSA) is 53.4 Å². The van der Waals surface area contributed by atoms with Crippen molar-refractivity contribution in [1.82, 2.24) is 4.98 Å². The number of amides is 1. The molecule has 0 unspecified atom stereocenters. The predicted molar refractivity (Wildman–Crippen MR) is 85.7 cm³/mol. The van der Waals surface area contributed by atoms with Crippen LogP contribution in [0.25, 0.3) is 0 Å². The molecule has 2 atom stereocenters. The van der Waals surface area contributed by atoms with Gasteiger partial charge in [-0.3, -0.25) is 9.78 Å². The van der Waals surface area contributed by atoms with E-state index in [0.717, 1.165) is 25.0 Å². The Morgan fingerprint density at radius 1 is 1.17 bits per heavy atom. The fourth-order valence-corrected chi connectivity index (χ4v) is 3.12. The lowest BCUT2D eigenvalue weighted by Gasteiger charge is -2.37. The van der Waals surface area contributed by atoms with E-state index >= 15 is 0 Å². The van der Waals surface area contributed by atoms with Gasteiger partial charge >= 0.3 is 0 Å². The molecule has 4 nitrogen and oxygen atoms in total. The van der Waals surface area contributed by atoms with Gasteiger partial charge in [-0.25, -0.2) is 8.78 Å². The molecule has 1 aromatic carbocycles. The van der Waals surface area contributed by atoms with Gasteiger partial charge < -0.3 is 10.0 Å². The number of rotatable bonds is 3. The van der Waals surface area contributed by atoms with E-state index in [4.69, 9.17) is 0 Å². The maximum atomic E-state index is 13.7. The SMILES string of the molecule is O=C(c1cccnc1)N(c1ccc(F)c(F)c1)[C@@H]1CCCC[C@H]1O. The summed E-state index contributed by atoms with van der Waals surface area (Å²) in [5, 5.41) is 10.3. The molecule has 1 N–H and O–H groups in total. The highest BCUT2D eigenvalue weighted by atomic mass is 19.2. The summed E-state index contributed by atoms with van der Waals surface area (Å²) in [5.74, 6) is -2.39. The van der Waals surface area contributed by atoms with Crippen molar-refractivity contribution in [2.24, 2.45) is 0 Å². The molecule has 3 rings (SSSR count). The standard InChI is InChI=1S/C18H18F2N2O2/c19-14-8-7-13(10-15(14)20)22(16-5-1-2-6-17(16)23)18(24)12-4-3-9-21-11-12/h3-4,7-11,16-17,23H,1-2,5-6H2/t16-,17-/m1/s1. The summed E-state index contributed by atoms with van der Waals surface area (Å²) in [4.78, 5) is 18.2. The number of aliphatic hydroxyl groups is 1. The van der Waals surface area contributed by atoms with Gasteiger partial charge in [-0.05, 0) is 37.1 Å². The number of nitrogens with zero attached hydrogens (tertiary/aromatic N) is 2. The minimum atomic E-state index is -1.03. The van der Waals surface area contributed by atoms with E-state index in [1.165, 1.54) is 17.2 Å². The number of aliphatic hydroxyl groups excluding tert-OH is 1. The molecule has 1 saturated carbocycles. The van der Waals surface area contributed by atoms with E-state index in [9.17, 15) is 18.7 Å². The van der Waals surface area contributed by atoms with Crippen LogP contribution in [-0.4, -0.2) is 28.1 Å². The summed E-state index contributed by atoms with van der Waals surface area (Å²) < 4.78 is 26.9. The molecule has 6 heteroatoms. The molecule has 1 heterocycles. The first-order chi connectivity index (χ1) is 11.6. The molecule has 1 aromatic heterocycles. The monoisotopic (exact) mass is 332 g/mol. The molecule has 2 aromatic rings. The molecule has 1 fully saturated rings. The summed E-state index contributed by atoms with van der Waals surface area (Å²) in [7, 11) is 0. The van der Waals surface area contributed by atoms with Gasteiger partial charge in [0.1, 0.15) is 0 Å². The third-order valence-electron chi connectivity index (χ3n) is 4.33. The summed E-state index contributed by atoms with van der Waals surface area (Å²) in [6.45, 7) is 0. The molecule has 0 aliphatic heterocycles. The average molecular weight is 332 g/mol. The van der Waals surface area contributed by atoms with Crippen LogP contribution in [0.5, 0.6) is 0 Å². The van der Waals surface area contributed by atoms with Gasteiger partial charge in [0.2, 0.25) is 0 Å². The molecule has 24 heavy (non-hydrogen) atoms. The Morgan fingerprint density at radius 2 is 1.96 bits per heavy atom. The Bertz CT molecular complexity index is 724. The fourth-order valence-electron chi connectivity index (χ4n) is 3.12. The molecule has 1 amide bonds. The number of hydrogen-bond donors (Lipinski definition) is 1. The smallest absolute Gasteiger partial charge is 0.260 e. The van der Waals surface area contributed by atoms with Crippen LogP contribution < -0.4 is 4.90 Å². The minimum Gasteiger partial charge on any atom is -0.391 e. The van der Waals surface area contributed by atoms with Gasteiger partial charge in [-0.1, -0.05) is 12.8 Å². The van der Waals surface area contributed by atoms with Crippen molar-refractivity contribution in [2.45, 2.75) is 37.8 Å². The van der Waals surface area contributed by atoms with Crippen molar-refractivity contribution in [3.05, 3.63) is 59.9 Å². The largest absolute Gasteiger partial charge is 0.391 e. The Morgan fingerprint density at radius 3 is 2.62 bits per heavy atom. The highest BCUT2D eigenvalue weighted by molar-refractivity contribution is 6.06. The number of aromatic nitrogens is 1. The Kier molecular flexibility index (Phi) is 4.85. The first kappa shape index (κ1) is 16.5. The van der Waals surface area contributed by atoms with E-state index < -0.39 is 23.8 Å². The second-order valence-electron chi connectivity index (χ2n) is 5.93. The van der Waals surface area contributed by atoms with Crippen LogP contribution >= 0.6 is 0 Å². The number of hydrogen-bond acceptors (Lipinski definition) is 3. The van der Waals surface area contributed by atoms with Crippen LogP contribution in [0.3, 0.4) is 0 Å². The Labute approximate surface area is 138 Å². The number of carbonyl (C=O) groups excluding carboxylic acids is 1. The maximum absolute atomic E-state index is 13.7. The quantitative estimate of drug-likeness (QED) is 0.938. The van der Waals surface area contributed by atoms with Crippen molar-refractivity contribution in [2.75, 3.05) is 4.90 Å². The maximum Gasteiger partial charge on any atom is 0.260 e. The normalized spacial score (nSPS) is 20.6. The van der Waals surface area contributed by atoms with Crippen LogP contribution in [-0.2, 0) is 0 Å². The first-order valence-electron chi connectivity index (χ1n) is 7.94. The van der Waals surface area contributed by atoms with Crippen molar-refractivity contribution >= 4 is 11.6 Å². The lowest BCUT2D eigenvalue weighted by molar-refractivity contribution is 0.0820. The zero-order valence-electron chi connectivity index (χ0n) is 13.0. The summed E-state index contributed by atoms with van der Waals surface area (Å²) >= 11 is 0. The third-order valence-corrected chi connectivity index (χ3v) is 4.33. The minimum absolute atomic E-state index is 0.230. The zero-order valence-corrected chi connectivity index (χ0v) is 13.0. The highest BCUT2D eigenvalue weighted by Crippen LogP contribution is 2.30. The predicted octanol–water partition coefficient (Wildman–Crippen LogP) is 3.31. The van der Waals surface area contributed by atoms with E-state index in [1.807, 2.05) is 0 Å². The molecule has 0 saturated heterocycles. The van der Waals surface area contributed by atoms with Gasteiger partial charge in [0.15, 0.2) is 11.6 Å². The molecule has 1 aliphatic carbocycles. The van der Waals surface area contributed by atoms with Gasteiger partial charge in [0, 0.05) is 24.1 Å². The summed E-state index contributed by atoms with van der Waals surface area (Å²) in [6.07, 6.45) is 5.19. The van der Waals surface area contributed by atoms with E-state index in [1.54, 1.807) is 18.3 Å². The third kappa shape index (κ3) is 3.28. The van der Waals surface area contributed by atoms with Gasteiger partial charge in [0.25, 0.3) is 5.91 Å². The van der Waals surface area contributed by atoms with Crippen molar-refractivity contribution < 1.29 is 18.7 Å². The molecular weight excluding hydrogens is 314 g/mol. The number of benzene rings is 1. The Balaban J connectivity index is 2.03.